The van der Waals surface area contributed by atoms with Crippen molar-refractivity contribution >= 4 is 24.5 Å². The number of fused-ring (bicyclic) bond motifs is 1. The van der Waals surface area contributed by atoms with Gasteiger partial charge >= 0.3 is 14.0 Å². The van der Waals surface area contributed by atoms with E-state index in [9.17, 15) is 26.9 Å². The number of pyridine rings is 2. The van der Waals surface area contributed by atoms with Gasteiger partial charge in [-0.25, -0.2) is 13.9 Å². The van der Waals surface area contributed by atoms with Gasteiger partial charge in [-0.2, -0.15) is 13.2 Å². The summed E-state index contributed by atoms with van der Waals surface area (Å²) in [4.78, 5) is 19.8. The van der Waals surface area contributed by atoms with E-state index < -0.39 is 37.5 Å². The van der Waals surface area contributed by atoms with Crippen molar-refractivity contribution < 1.29 is 40.4 Å². The molecule has 0 amide bonds. The number of morpholine rings is 1. The second-order valence-electron chi connectivity index (χ2n) is 9.41. The summed E-state index contributed by atoms with van der Waals surface area (Å²) >= 11 is 0. The number of nitrogens with zero attached hydrogens (tertiary/aromatic N) is 4. The molecule has 0 unspecified atom stereocenters. The van der Waals surface area contributed by atoms with E-state index in [1.54, 1.807) is 23.0 Å². The van der Waals surface area contributed by atoms with Crippen LogP contribution in [0.2, 0.25) is 0 Å². The van der Waals surface area contributed by atoms with Crippen LogP contribution in [0.3, 0.4) is 0 Å². The maximum atomic E-state index is 14.6. The lowest BCUT2D eigenvalue weighted by atomic mass is 10.1. The number of anilines is 1. The third-order valence-electron chi connectivity index (χ3n) is 6.91. The van der Waals surface area contributed by atoms with Crippen molar-refractivity contribution in [3.8, 4) is 11.1 Å². The Kier molecular flexibility index (Phi) is 8.53. The van der Waals surface area contributed by atoms with Crippen LogP contribution < -0.4 is 10.5 Å². The number of rotatable bonds is 9. The molecule has 4 aromatic rings. The average molecular weight is 611 g/mol. The topological polar surface area (TPSA) is 97.0 Å². The molecule has 0 radical (unpaired) electrons. The zero-order chi connectivity index (χ0) is 30.1. The van der Waals surface area contributed by atoms with E-state index in [1.807, 2.05) is 6.07 Å². The summed E-state index contributed by atoms with van der Waals surface area (Å²) in [6.45, 7) is 1.82. The van der Waals surface area contributed by atoms with Crippen LogP contribution in [-0.2, 0) is 42.3 Å². The molecule has 1 aliphatic heterocycles. The minimum absolute atomic E-state index is 0.245. The molecule has 224 valence electrons. The fraction of sp³-hybridized carbons (Fsp3) is 0.333. The van der Waals surface area contributed by atoms with E-state index in [0.29, 0.717) is 54.5 Å². The Bertz CT molecular complexity index is 1690. The molecule has 0 spiro atoms. The molecule has 0 atom stereocenters. The van der Waals surface area contributed by atoms with Crippen molar-refractivity contribution in [2.24, 2.45) is 0 Å². The van der Waals surface area contributed by atoms with E-state index >= 15 is 0 Å². The largest absolute Gasteiger partial charge is 0.475 e. The third-order valence-corrected chi connectivity index (χ3v) is 8.24. The second kappa shape index (κ2) is 12.0. The lowest BCUT2D eigenvalue weighted by Crippen LogP contribution is -2.36. The molecule has 0 saturated carbocycles. The van der Waals surface area contributed by atoms with E-state index in [-0.39, 0.29) is 12.3 Å². The number of phosphoric ester groups is 1. The van der Waals surface area contributed by atoms with Gasteiger partial charge in [-0.05, 0) is 23.8 Å². The average Bonchev–Trinajstić information content (AvgIpc) is 3.35. The second-order valence-corrected chi connectivity index (χ2v) is 11.3. The molecule has 10 nitrogen and oxygen atoms in total. The first-order chi connectivity index (χ1) is 20.0. The normalized spacial score (nSPS) is 14.6. The highest BCUT2D eigenvalue weighted by molar-refractivity contribution is 7.48. The van der Waals surface area contributed by atoms with Gasteiger partial charge in [-0.3, -0.25) is 18.4 Å². The van der Waals surface area contributed by atoms with Crippen LogP contribution in [0.15, 0.2) is 59.8 Å². The summed E-state index contributed by atoms with van der Waals surface area (Å²) in [7, 11) is -1.43. The van der Waals surface area contributed by atoms with Crippen LogP contribution in [0.4, 0.5) is 23.2 Å². The van der Waals surface area contributed by atoms with Gasteiger partial charge in [-0.15, -0.1) is 0 Å². The summed E-state index contributed by atoms with van der Waals surface area (Å²) in [5.74, 6) is -1.42. The van der Waals surface area contributed by atoms with Crippen LogP contribution in [-0.4, -0.2) is 54.6 Å². The molecule has 3 aromatic heterocycles. The third kappa shape index (κ3) is 6.13. The lowest BCUT2D eigenvalue weighted by Gasteiger charge is -2.28. The van der Waals surface area contributed by atoms with E-state index in [2.05, 4.69) is 9.88 Å². The summed E-state index contributed by atoms with van der Waals surface area (Å²) in [6, 6.07) is 7.78. The van der Waals surface area contributed by atoms with Crippen LogP contribution in [0, 0.1) is 5.82 Å². The molecule has 0 bridgehead atoms. The van der Waals surface area contributed by atoms with Crippen LogP contribution in [0.25, 0.3) is 22.2 Å². The molecule has 0 aliphatic carbocycles. The van der Waals surface area contributed by atoms with Crippen molar-refractivity contribution in [1.29, 1.82) is 0 Å². The maximum absolute atomic E-state index is 14.6. The Balaban J connectivity index is 1.53. The number of ether oxygens (including phenoxy) is 1. The van der Waals surface area contributed by atoms with E-state index in [4.69, 9.17) is 18.3 Å². The van der Waals surface area contributed by atoms with Gasteiger partial charge < -0.3 is 18.8 Å². The number of hydrogen-bond acceptors (Lipinski definition) is 8. The van der Waals surface area contributed by atoms with Crippen molar-refractivity contribution in [1.82, 2.24) is 14.1 Å². The monoisotopic (exact) mass is 610 g/mol. The molecule has 1 saturated heterocycles. The van der Waals surface area contributed by atoms with Crippen molar-refractivity contribution in [3.05, 3.63) is 82.3 Å². The predicted molar refractivity (Wildman–Crippen MR) is 146 cm³/mol. The molecule has 4 heterocycles. The van der Waals surface area contributed by atoms with Crippen molar-refractivity contribution in [2.75, 3.05) is 45.4 Å². The molecular formula is C27H27F4N4O6P. The summed E-state index contributed by atoms with van der Waals surface area (Å²) in [5, 5.41) is 0.660. The zero-order valence-corrected chi connectivity index (χ0v) is 23.5. The van der Waals surface area contributed by atoms with Gasteiger partial charge in [0.2, 0.25) is 0 Å². The Hall–Kier alpha value is -3.55. The Morgan fingerprint density at radius 3 is 2.48 bits per heavy atom. The minimum atomic E-state index is -4.86. The van der Waals surface area contributed by atoms with Gasteiger partial charge in [0.1, 0.15) is 18.2 Å². The molecule has 42 heavy (non-hydrogen) atoms. The molecule has 1 aliphatic rings. The SMILES string of the molecule is COP(=O)(OC)OCn1cc(-c2ccn(Cc3cccc(C(F)(F)F)c3F)c(=O)c2)c2cc(N3CCOCC3)cnc21. The lowest BCUT2D eigenvalue weighted by molar-refractivity contribution is -0.140. The van der Waals surface area contributed by atoms with Gasteiger partial charge in [0.25, 0.3) is 5.56 Å². The number of hydrogen-bond donors (Lipinski definition) is 0. The molecule has 1 fully saturated rings. The van der Waals surface area contributed by atoms with Gasteiger partial charge in [0, 0.05) is 62.3 Å². The number of phosphoric acid groups is 1. The van der Waals surface area contributed by atoms with Crippen LogP contribution in [0.1, 0.15) is 11.1 Å². The summed E-state index contributed by atoms with van der Waals surface area (Å²) in [5.41, 5.74) is 0.155. The minimum Gasteiger partial charge on any atom is -0.378 e. The number of alkyl halides is 3. The number of aromatic nitrogens is 3. The molecule has 5 rings (SSSR count). The van der Waals surface area contributed by atoms with Gasteiger partial charge in [0.15, 0.2) is 0 Å². The zero-order valence-electron chi connectivity index (χ0n) is 22.6. The Morgan fingerprint density at radius 2 is 1.81 bits per heavy atom. The molecule has 0 N–H and O–H groups in total. The molecular weight excluding hydrogens is 583 g/mol. The van der Waals surface area contributed by atoms with Crippen LogP contribution >= 0.6 is 7.82 Å². The summed E-state index contributed by atoms with van der Waals surface area (Å²) in [6.07, 6.45) is -0.106. The first-order valence-electron chi connectivity index (χ1n) is 12.8. The highest BCUT2D eigenvalue weighted by Crippen LogP contribution is 2.48. The smallest absolute Gasteiger partial charge is 0.378 e. The van der Waals surface area contributed by atoms with E-state index in [1.165, 1.54) is 32.5 Å². The van der Waals surface area contributed by atoms with Gasteiger partial charge in [0.05, 0.1) is 37.2 Å². The van der Waals surface area contributed by atoms with Gasteiger partial charge in [-0.1, -0.05) is 12.1 Å². The number of benzene rings is 1. The fourth-order valence-corrected chi connectivity index (χ4v) is 5.33. The Morgan fingerprint density at radius 1 is 1.07 bits per heavy atom. The highest BCUT2D eigenvalue weighted by atomic mass is 31.2. The quantitative estimate of drug-likeness (QED) is 0.187. The standard InChI is InChI=1S/C27H27F4N4O6P/c1-38-42(37,39-2)41-17-35-16-22(21-13-20(14-32-26(21)35)33-8-10-40-11-9-33)18-6-7-34(24(36)12-18)15-19-4-3-5-23(25(19)28)27(29,30)31/h3-7,12-14,16H,8-11,15,17H2,1-2H3. The first-order valence-corrected chi connectivity index (χ1v) is 14.2. The predicted octanol–water partition coefficient (Wildman–Crippen LogP) is 5.28. The highest BCUT2D eigenvalue weighted by Gasteiger charge is 2.34. The summed E-state index contributed by atoms with van der Waals surface area (Å²) < 4.78 is 89.8. The molecule has 15 heteroatoms. The Labute approximate surface area is 237 Å². The number of halogens is 4. The molecule has 1 aromatic carbocycles. The van der Waals surface area contributed by atoms with E-state index in [0.717, 1.165) is 16.3 Å². The maximum Gasteiger partial charge on any atom is 0.475 e. The fourth-order valence-electron chi connectivity index (χ4n) is 4.71. The van der Waals surface area contributed by atoms with Crippen molar-refractivity contribution in [2.45, 2.75) is 19.5 Å². The van der Waals surface area contributed by atoms with Crippen LogP contribution in [0.5, 0.6) is 0 Å². The van der Waals surface area contributed by atoms with Crippen molar-refractivity contribution in [3.63, 3.8) is 0 Å². The first kappa shape index (κ1) is 29.9.